The van der Waals surface area contributed by atoms with Crippen molar-refractivity contribution < 1.29 is 4.74 Å². The lowest BCUT2D eigenvalue weighted by Gasteiger charge is -2.07. The van der Waals surface area contributed by atoms with E-state index in [-0.39, 0.29) is 0 Å². The summed E-state index contributed by atoms with van der Waals surface area (Å²) < 4.78 is 4.82. The molecule has 0 fully saturated rings. The summed E-state index contributed by atoms with van der Waals surface area (Å²) in [7, 11) is 1.49. The monoisotopic (exact) mass is 136 g/mol. The molecule has 3 heteroatoms. The maximum absolute atomic E-state index is 7.26. The SMILES string of the molecule is COC1=CC(=N)C=CC1=N. The van der Waals surface area contributed by atoms with Crippen LogP contribution in [0.4, 0.5) is 0 Å². The van der Waals surface area contributed by atoms with Crippen molar-refractivity contribution in [1.82, 2.24) is 0 Å². The molecule has 52 valence electrons. The fourth-order valence-electron chi connectivity index (χ4n) is 0.691. The summed E-state index contributed by atoms with van der Waals surface area (Å²) in [5.74, 6) is 0.451. The molecule has 1 aliphatic rings. The zero-order chi connectivity index (χ0) is 7.56. The predicted molar refractivity (Wildman–Crippen MR) is 39.7 cm³/mol. The molecule has 0 heterocycles. The van der Waals surface area contributed by atoms with Crippen LogP contribution < -0.4 is 0 Å². The average molecular weight is 136 g/mol. The molecule has 0 saturated carbocycles. The van der Waals surface area contributed by atoms with E-state index < -0.39 is 0 Å². The molecule has 10 heavy (non-hydrogen) atoms. The van der Waals surface area contributed by atoms with Crippen molar-refractivity contribution in [3.8, 4) is 0 Å². The van der Waals surface area contributed by atoms with Gasteiger partial charge in [0.2, 0.25) is 0 Å². The van der Waals surface area contributed by atoms with Crippen LogP contribution in [0.25, 0.3) is 0 Å². The number of rotatable bonds is 1. The second-order valence-corrected chi connectivity index (χ2v) is 1.92. The molecule has 0 saturated heterocycles. The van der Waals surface area contributed by atoms with Gasteiger partial charge in [0.25, 0.3) is 0 Å². The number of methoxy groups -OCH3 is 1. The van der Waals surface area contributed by atoms with Crippen LogP contribution in [0.15, 0.2) is 24.0 Å². The summed E-state index contributed by atoms with van der Waals surface area (Å²) >= 11 is 0. The third-order valence-corrected chi connectivity index (χ3v) is 1.20. The first kappa shape index (κ1) is 6.74. The van der Waals surface area contributed by atoms with Gasteiger partial charge in [-0.1, -0.05) is 0 Å². The van der Waals surface area contributed by atoms with Crippen LogP contribution in [0, 0.1) is 10.8 Å². The smallest absolute Gasteiger partial charge is 0.145 e. The van der Waals surface area contributed by atoms with Gasteiger partial charge < -0.3 is 10.1 Å². The Morgan fingerprint density at radius 2 is 2.00 bits per heavy atom. The molecule has 0 aromatic carbocycles. The van der Waals surface area contributed by atoms with E-state index in [2.05, 4.69) is 0 Å². The molecule has 0 unspecified atom stereocenters. The van der Waals surface area contributed by atoms with Crippen molar-refractivity contribution in [2.45, 2.75) is 0 Å². The van der Waals surface area contributed by atoms with E-state index in [4.69, 9.17) is 15.6 Å². The first-order valence-corrected chi connectivity index (χ1v) is 2.85. The molecular formula is C7H8N2O. The summed E-state index contributed by atoms with van der Waals surface area (Å²) in [6, 6.07) is 0. The summed E-state index contributed by atoms with van der Waals surface area (Å²) in [6.45, 7) is 0. The minimum atomic E-state index is 0.318. The molecule has 2 N–H and O–H groups in total. The standard InChI is InChI=1S/C7H8N2O/c1-10-7-4-5(8)2-3-6(7)9/h2-4,8-9H,1H3. The number of nitrogens with one attached hydrogen (secondary N) is 2. The topological polar surface area (TPSA) is 56.9 Å². The van der Waals surface area contributed by atoms with Crippen molar-refractivity contribution >= 4 is 11.4 Å². The normalized spacial score (nSPS) is 17.1. The van der Waals surface area contributed by atoms with Crippen molar-refractivity contribution in [3.63, 3.8) is 0 Å². The molecule has 0 aromatic heterocycles. The first-order valence-electron chi connectivity index (χ1n) is 2.85. The third kappa shape index (κ3) is 1.13. The summed E-state index contributed by atoms with van der Waals surface area (Å²) in [4.78, 5) is 0. The van der Waals surface area contributed by atoms with Gasteiger partial charge in [-0.05, 0) is 12.2 Å². The number of allylic oxidation sites excluding steroid dienone is 3. The Balaban J connectivity index is 2.89. The number of ether oxygens (including phenoxy) is 1. The lowest BCUT2D eigenvalue weighted by molar-refractivity contribution is 0.315. The van der Waals surface area contributed by atoms with E-state index in [0.29, 0.717) is 17.2 Å². The Hall–Kier alpha value is -1.38. The lowest BCUT2D eigenvalue weighted by Crippen LogP contribution is -2.07. The fraction of sp³-hybridized carbons (Fsp3) is 0.143. The quantitative estimate of drug-likeness (QED) is 0.521. The highest BCUT2D eigenvalue weighted by Crippen LogP contribution is 2.05. The van der Waals surface area contributed by atoms with Crippen molar-refractivity contribution in [3.05, 3.63) is 24.0 Å². The Labute approximate surface area is 59.0 Å². The summed E-state index contributed by atoms with van der Waals surface area (Å²) in [6.07, 6.45) is 4.62. The van der Waals surface area contributed by atoms with E-state index in [1.165, 1.54) is 13.2 Å². The van der Waals surface area contributed by atoms with Gasteiger partial charge in [0.05, 0.1) is 18.5 Å². The van der Waals surface area contributed by atoms with Gasteiger partial charge in [-0.25, -0.2) is 0 Å². The summed E-state index contributed by atoms with van der Waals surface area (Å²) in [5.41, 5.74) is 0.686. The van der Waals surface area contributed by atoms with Crippen LogP contribution >= 0.6 is 0 Å². The van der Waals surface area contributed by atoms with Crippen LogP contribution in [0.5, 0.6) is 0 Å². The zero-order valence-electron chi connectivity index (χ0n) is 5.64. The third-order valence-electron chi connectivity index (χ3n) is 1.20. The summed E-state index contributed by atoms with van der Waals surface area (Å²) in [5, 5.41) is 14.4. The van der Waals surface area contributed by atoms with Gasteiger partial charge in [0.1, 0.15) is 5.76 Å². The van der Waals surface area contributed by atoms with E-state index in [0.717, 1.165) is 0 Å². The lowest BCUT2D eigenvalue weighted by atomic mass is 10.1. The van der Waals surface area contributed by atoms with Gasteiger partial charge in [0.15, 0.2) is 0 Å². The van der Waals surface area contributed by atoms with Crippen molar-refractivity contribution in [1.29, 1.82) is 10.8 Å². The molecule has 1 rings (SSSR count). The first-order chi connectivity index (χ1) is 4.74. The fourth-order valence-corrected chi connectivity index (χ4v) is 0.691. The van der Waals surface area contributed by atoms with E-state index in [1.54, 1.807) is 12.2 Å². The molecule has 0 spiro atoms. The van der Waals surface area contributed by atoms with Gasteiger partial charge in [0, 0.05) is 6.08 Å². The molecule has 0 radical (unpaired) electrons. The molecule has 0 bridgehead atoms. The van der Waals surface area contributed by atoms with Crippen LogP contribution in [0.2, 0.25) is 0 Å². The number of hydrogen-bond acceptors (Lipinski definition) is 3. The van der Waals surface area contributed by atoms with Crippen molar-refractivity contribution in [2.24, 2.45) is 0 Å². The van der Waals surface area contributed by atoms with Crippen LogP contribution in [0.3, 0.4) is 0 Å². The maximum atomic E-state index is 7.26. The molecule has 1 aliphatic carbocycles. The van der Waals surface area contributed by atoms with E-state index >= 15 is 0 Å². The van der Waals surface area contributed by atoms with E-state index in [1.807, 2.05) is 0 Å². The van der Waals surface area contributed by atoms with Crippen molar-refractivity contribution in [2.75, 3.05) is 7.11 Å². The molecule has 0 aliphatic heterocycles. The molecule has 3 nitrogen and oxygen atoms in total. The van der Waals surface area contributed by atoms with Gasteiger partial charge in [-0.15, -0.1) is 0 Å². The van der Waals surface area contributed by atoms with E-state index in [9.17, 15) is 0 Å². The largest absolute Gasteiger partial charge is 0.494 e. The second kappa shape index (κ2) is 2.47. The Morgan fingerprint density at radius 3 is 2.50 bits per heavy atom. The molecular weight excluding hydrogens is 128 g/mol. The maximum Gasteiger partial charge on any atom is 0.145 e. The second-order valence-electron chi connectivity index (χ2n) is 1.92. The highest BCUT2D eigenvalue weighted by molar-refractivity contribution is 6.18. The minimum Gasteiger partial charge on any atom is -0.494 e. The van der Waals surface area contributed by atoms with Gasteiger partial charge in [-0.3, -0.25) is 5.41 Å². The predicted octanol–water partition coefficient (Wildman–Crippen LogP) is 1.13. The zero-order valence-corrected chi connectivity index (χ0v) is 5.64. The Morgan fingerprint density at radius 1 is 1.30 bits per heavy atom. The van der Waals surface area contributed by atoms with Gasteiger partial charge >= 0.3 is 0 Å². The molecule has 0 atom stereocenters. The van der Waals surface area contributed by atoms with Crippen LogP contribution in [-0.2, 0) is 4.74 Å². The Kier molecular flexibility index (Phi) is 1.67. The Bertz CT molecular complexity index is 238. The number of hydrogen-bond donors (Lipinski definition) is 2. The average Bonchev–Trinajstić information content (AvgIpc) is 1.94. The molecule has 0 aromatic rings. The minimum absolute atomic E-state index is 0.318. The van der Waals surface area contributed by atoms with Crippen LogP contribution in [0.1, 0.15) is 0 Å². The van der Waals surface area contributed by atoms with Gasteiger partial charge in [-0.2, -0.15) is 0 Å². The molecule has 0 amide bonds. The van der Waals surface area contributed by atoms with Crippen LogP contribution in [-0.4, -0.2) is 18.5 Å². The highest BCUT2D eigenvalue weighted by Gasteiger charge is 2.06. The highest BCUT2D eigenvalue weighted by atomic mass is 16.5.